The summed E-state index contributed by atoms with van der Waals surface area (Å²) < 4.78 is 7.66. The van der Waals surface area contributed by atoms with Crippen molar-refractivity contribution in [1.29, 1.82) is 0 Å². The van der Waals surface area contributed by atoms with Crippen LogP contribution in [0, 0.1) is 0 Å². The van der Waals surface area contributed by atoms with Crippen molar-refractivity contribution in [2.45, 2.75) is 26.2 Å². The van der Waals surface area contributed by atoms with E-state index in [1.807, 2.05) is 7.11 Å². The van der Waals surface area contributed by atoms with E-state index >= 15 is 0 Å². The van der Waals surface area contributed by atoms with Gasteiger partial charge in [-0.2, -0.15) is 0 Å². The van der Waals surface area contributed by atoms with Gasteiger partial charge in [-0.3, -0.25) is 0 Å². The van der Waals surface area contributed by atoms with E-state index in [9.17, 15) is 0 Å². The van der Waals surface area contributed by atoms with E-state index in [4.69, 9.17) is 4.74 Å². The SMILES string of the molecule is CCCCCI(C)COC. The van der Waals surface area contributed by atoms with E-state index < -0.39 is 19.8 Å². The van der Waals surface area contributed by atoms with Crippen LogP contribution in [0.5, 0.6) is 0 Å². The number of halogens is 1. The van der Waals surface area contributed by atoms with Crippen LogP contribution < -0.4 is 0 Å². The molecule has 0 saturated carbocycles. The zero-order chi connectivity index (χ0) is 7.82. The quantitative estimate of drug-likeness (QED) is 0.404. The van der Waals surface area contributed by atoms with Gasteiger partial charge in [-0.1, -0.05) is 0 Å². The number of hydrogen-bond acceptors (Lipinski definition) is 1. The molecule has 0 aliphatic rings. The molecule has 0 heterocycles. The summed E-state index contributed by atoms with van der Waals surface area (Å²) in [5.41, 5.74) is 0. The summed E-state index contributed by atoms with van der Waals surface area (Å²) >= 11 is -0.610. The third-order valence-electron chi connectivity index (χ3n) is 1.36. The Balaban J connectivity index is 2.97. The molecule has 0 fully saturated rings. The number of rotatable bonds is 6. The van der Waals surface area contributed by atoms with Gasteiger partial charge in [-0.15, -0.1) is 0 Å². The molecule has 0 aromatic carbocycles. The molecular weight excluding hydrogens is 239 g/mol. The van der Waals surface area contributed by atoms with Crippen LogP contribution in [-0.2, 0) is 4.74 Å². The van der Waals surface area contributed by atoms with Gasteiger partial charge in [0.1, 0.15) is 0 Å². The van der Waals surface area contributed by atoms with Crippen LogP contribution in [0.3, 0.4) is 0 Å². The topological polar surface area (TPSA) is 9.23 Å². The maximum absolute atomic E-state index is 5.10. The van der Waals surface area contributed by atoms with Crippen molar-refractivity contribution in [2.75, 3.05) is 21.1 Å². The van der Waals surface area contributed by atoms with E-state index in [1.54, 1.807) is 0 Å². The van der Waals surface area contributed by atoms with Gasteiger partial charge in [-0.05, 0) is 0 Å². The first kappa shape index (κ1) is 10.7. The Morgan fingerprint density at radius 2 is 2.00 bits per heavy atom. The predicted molar refractivity (Wildman–Crippen MR) is 56.2 cm³/mol. The zero-order valence-electron chi connectivity index (χ0n) is 7.32. The van der Waals surface area contributed by atoms with Crippen LogP contribution >= 0.6 is 19.8 Å². The van der Waals surface area contributed by atoms with Crippen molar-refractivity contribution in [1.82, 2.24) is 0 Å². The van der Waals surface area contributed by atoms with Crippen LogP contribution in [-0.4, -0.2) is 21.1 Å². The Morgan fingerprint density at radius 3 is 2.50 bits per heavy atom. The fourth-order valence-corrected chi connectivity index (χ4v) is 4.03. The summed E-state index contributed by atoms with van der Waals surface area (Å²) in [6.07, 6.45) is 4.18. The van der Waals surface area contributed by atoms with Gasteiger partial charge in [0.25, 0.3) is 0 Å². The van der Waals surface area contributed by atoms with E-state index in [0.717, 1.165) is 4.61 Å². The first-order valence-corrected chi connectivity index (χ1v) is 9.03. The average molecular weight is 258 g/mol. The summed E-state index contributed by atoms with van der Waals surface area (Å²) in [5, 5.41) is 0. The normalized spacial score (nSPS) is 11.7. The molecule has 0 atom stereocenters. The minimum atomic E-state index is -0.610. The molecule has 0 rings (SSSR count). The standard InChI is InChI=1S/C8H19IO/c1-4-5-6-7-9(2)8-10-3/h4-8H2,1-3H3. The van der Waals surface area contributed by atoms with Crippen molar-refractivity contribution in [3.8, 4) is 0 Å². The molecule has 0 aromatic rings. The Hall–Kier alpha value is 0.690. The summed E-state index contributed by atoms with van der Waals surface area (Å²) in [7, 11) is 1.81. The first-order chi connectivity index (χ1) is 4.81. The molecule has 0 saturated heterocycles. The van der Waals surface area contributed by atoms with Crippen LogP contribution in [0.25, 0.3) is 0 Å². The summed E-state index contributed by atoms with van der Waals surface area (Å²) in [6, 6.07) is 0. The first-order valence-electron chi connectivity index (χ1n) is 3.82. The predicted octanol–water partition coefficient (Wildman–Crippen LogP) is 2.92. The molecule has 1 nitrogen and oxygen atoms in total. The Bertz CT molecular complexity index is 66.3. The van der Waals surface area contributed by atoms with E-state index in [1.165, 1.54) is 23.7 Å². The van der Waals surface area contributed by atoms with Crippen molar-refractivity contribution < 1.29 is 4.74 Å². The summed E-state index contributed by atoms with van der Waals surface area (Å²) in [6.45, 7) is 2.25. The number of unbranched alkanes of at least 4 members (excludes halogenated alkanes) is 2. The molecular formula is C8H19IO. The van der Waals surface area contributed by atoms with Gasteiger partial charge < -0.3 is 0 Å². The average Bonchev–Trinajstić information content (AvgIpc) is 1.89. The molecule has 0 radical (unpaired) electrons. The third-order valence-corrected chi connectivity index (χ3v) is 5.65. The zero-order valence-corrected chi connectivity index (χ0v) is 9.48. The summed E-state index contributed by atoms with van der Waals surface area (Å²) in [5.74, 6) is 0. The van der Waals surface area contributed by atoms with Crippen LogP contribution in [0.15, 0.2) is 0 Å². The van der Waals surface area contributed by atoms with Gasteiger partial charge in [0.05, 0.1) is 0 Å². The molecule has 0 amide bonds. The fourth-order valence-electron chi connectivity index (χ4n) is 0.813. The van der Waals surface area contributed by atoms with E-state index in [-0.39, 0.29) is 0 Å². The van der Waals surface area contributed by atoms with Gasteiger partial charge in [0.2, 0.25) is 0 Å². The maximum atomic E-state index is 5.10. The Kier molecular flexibility index (Phi) is 8.33. The minimum absolute atomic E-state index is 0.610. The van der Waals surface area contributed by atoms with E-state index in [0.29, 0.717) is 0 Å². The second kappa shape index (κ2) is 7.79. The number of alkyl halides is 3. The molecule has 0 spiro atoms. The molecule has 10 heavy (non-hydrogen) atoms. The molecule has 0 N–H and O–H groups in total. The monoisotopic (exact) mass is 258 g/mol. The third kappa shape index (κ3) is 6.81. The number of ether oxygens (including phenoxy) is 1. The molecule has 0 bridgehead atoms. The molecule has 0 aliphatic heterocycles. The number of methoxy groups -OCH3 is 1. The molecule has 0 aliphatic carbocycles. The Morgan fingerprint density at radius 1 is 1.30 bits per heavy atom. The van der Waals surface area contributed by atoms with Crippen molar-refractivity contribution in [3.63, 3.8) is 0 Å². The van der Waals surface area contributed by atoms with Gasteiger partial charge >= 0.3 is 71.8 Å². The van der Waals surface area contributed by atoms with Crippen molar-refractivity contribution >= 4 is 19.8 Å². The van der Waals surface area contributed by atoms with E-state index in [2.05, 4.69) is 11.9 Å². The molecule has 64 valence electrons. The second-order valence-corrected chi connectivity index (χ2v) is 8.35. The van der Waals surface area contributed by atoms with Gasteiger partial charge in [0.15, 0.2) is 0 Å². The van der Waals surface area contributed by atoms with Crippen LogP contribution in [0.4, 0.5) is 0 Å². The number of hydrogen-bond donors (Lipinski definition) is 0. The van der Waals surface area contributed by atoms with Crippen molar-refractivity contribution in [3.05, 3.63) is 0 Å². The fraction of sp³-hybridized carbons (Fsp3) is 1.00. The van der Waals surface area contributed by atoms with Gasteiger partial charge in [-0.25, -0.2) is 0 Å². The summed E-state index contributed by atoms with van der Waals surface area (Å²) in [4.78, 5) is 2.41. The Labute approximate surface area is 71.9 Å². The van der Waals surface area contributed by atoms with Crippen molar-refractivity contribution in [2.24, 2.45) is 0 Å². The molecule has 2 heteroatoms. The van der Waals surface area contributed by atoms with Gasteiger partial charge in [0, 0.05) is 0 Å². The molecule has 0 unspecified atom stereocenters. The van der Waals surface area contributed by atoms with Crippen LogP contribution in [0.1, 0.15) is 26.2 Å². The van der Waals surface area contributed by atoms with Crippen LogP contribution in [0.2, 0.25) is 0 Å². The second-order valence-electron chi connectivity index (χ2n) is 2.52. The molecule has 0 aromatic heterocycles.